The molecule has 6 heteroatoms. The lowest BCUT2D eigenvalue weighted by atomic mass is 9.90. The van der Waals surface area contributed by atoms with E-state index in [1.54, 1.807) is 6.07 Å². The molecule has 2 aliphatic rings. The molecule has 5 rings (SSSR count). The number of nitrogens with one attached hydrogen (secondary N) is 2. The van der Waals surface area contributed by atoms with Crippen LogP contribution in [0.25, 0.3) is 21.9 Å². The largest absolute Gasteiger partial charge is 0.342 e. The van der Waals surface area contributed by atoms with E-state index >= 15 is 0 Å². The van der Waals surface area contributed by atoms with Gasteiger partial charge < -0.3 is 9.47 Å². The fraction of sp³-hybridized carbons (Fsp3) is 0.375. The third-order valence-corrected chi connectivity index (χ3v) is 6.70. The summed E-state index contributed by atoms with van der Waals surface area (Å²) in [5.41, 5.74) is 2.77. The first-order valence-electron chi connectivity index (χ1n) is 10.7. The minimum atomic E-state index is 0.0494. The van der Waals surface area contributed by atoms with Crippen molar-refractivity contribution in [2.75, 3.05) is 19.6 Å². The number of hydrogen-bond acceptors (Lipinski definition) is 3. The van der Waals surface area contributed by atoms with Gasteiger partial charge in [0, 0.05) is 37.0 Å². The lowest BCUT2D eigenvalue weighted by Gasteiger charge is -2.40. The number of rotatable bonds is 3. The molecule has 0 amide bonds. The topological polar surface area (TPSA) is 79.0 Å². The van der Waals surface area contributed by atoms with Gasteiger partial charge in [0.15, 0.2) is 5.43 Å². The minimum absolute atomic E-state index is 0.0494. The number of allylic oxidation sites excluding steroid dienone is 3. The van der Waals surface area contributed by atoms with Crippen LogP contribution in [-0.4, -0.2) is 34.1 Å². The number of fused-ring (bicyclic) bond motifs is 3. The van der Waals surface area contributed by atoms with Crippen molar-refractivity contribution in [1.29, 1.82) is 5.26 Å². The summed E-state index contributed by atoms with van der Waals surface area (Å²) in [6, 6.07) is 6.26. The number of hydrogen-bond donors (Lipinski definition) is 1. The molecular formula is C24H26N5O+. The van der Waals surface area contributed by atoms with Gasteiger partial charge in [0.1, 0.15) is 6.20 Å². The second-order valence-electron chi connectivity index (χ2n) is 8.62. The summed E-state index contributed by atoms with van der Waals surface area (Å²) in [6.45, 7) is 5.36. The summed E-state index contributed by atoms with van der Waals surface area (Å²) in [6.07, 6.45) is 13.9. The number of likely N-dealkylation sites (tertiary alicyclic amines) is 1. The molecule has 3 aromatic heterocycles. The molecule has 3 unspecified atom stereocenters. The summed E-state index contributed by atoms with van der Waals surface area (Å²) in [5, 5.41) is 10.8. The van der Waals surface area contributed by atoms with Crippen LogP contribution in [-0.2, 0) is 0 Å². The summed E-state index contributed by atoms with van der Waals surface area (Å²) >= 11 is 0. The maximum Gasteiger partial charge on any atom is 0.286 e. The highest BCUT2D eigenvalue weighted by Crippen LogP contribution is 2.32. The van der Waals surface area contributed by atoms with Gasteiger partial charge >= 0.3 is 0 Å². The Balaban J connectivity index is 1.47. The standard InChI is InChI=1S/C24H25N5O/c1-16-7-10-28(14-18-4-2-17(12-25)3-5-18)15-21(16)29-11-8-22(30)20-13-27-24-19(23(20)29)6-9-26-24/h2-4,6,8-9,11,13,16,18,21H,5,7,10,14-15H2,1H3,(H,26,27)/p+1. The normalized spacial score (nSPS) is 24.8. The van der Waals surface area contributed by atoms with Crippen LogP contribution in [0.5, 0.6) is 0 Å². The molecular weight excluding hydrogens is 374 g/mol. The summed E-state index contributed by atoms with van der Waals surface area (Å²) in [4.78, 5) is 21.5. The van der Waals surface area contributed by atoms with E-state index in [2.05, 4.69) is 38.5 Å². The van der Waals surface area contributed by atoms with Crippen molar-refractivity contribution in [3.8, 4) is 6.07 Å². The molecule has 2 N–H and O–H groups in total. The summed E-state index contributed by atoms with van der Waals surface area (Å²) in [5.74, 6) is 0.977. The van der Waals surface area contributed by atoms with Gasteiger partial charge in [0.25, 0.3) is 5.65 Å². The van der Waals surface area contributed by atoms with Gasteiger partial charge in [0.2, 0.25) is 0 Å². The Labute approximate surface area is 175 Å². The van der Waals surface area contributed by atoms with Crippen molar-refractivity contribution in [3.63, 3.8) is 0 Å². The first-order valence-corrected chi connectivity index (χ1v) is 10.7. The molecule has 1 saturated heterocycles. The van der Waals surface area contributed by atoms with Gasteiger partial charge in [0.05, 0.1) is 28.6 Å². The average molecular weight is 401 g/mol. The number of pyridine rings is 2. The van der Waals surface area contributed by atoms with Gasteiger partial charge in [-0.1, -0.05) is 19.1 Å². The van der Waals surface area contributed by atoms with Crippen molar-refractivity contribution in [2.45, 2.75) is 25.8 Å². The van der Waals surface area contributed by atoms with Crippen LogP contribution < -0.4 is 10.4 Å². The molecule has 0 aromatic carbocycles. The molecule has 152 valence electrons. The van der Waals surface area contributed by atoms with Crippen LogP contribution in [0, 0.1) is 23.2 Å². The third kappa shape index (κ3) is 3.25. The number of aromatic amines is 2. The van der Waals surface area contributed by atoms with Crippen molar-refractivity contribution in [2.24, 2.45) is 11.8 Å². The van der Waals surface area contributed by atoms with Crippen molar-refractivity contribution in [3.05, 3.63) is 64.7 Å². The van der Waals surface area contributed by atoms with Crippen LogP contribution in [0.15, 0.2) is 59.3 Å². The lowest BCUT2D eigenvalue weighted by molar-refractivity contribution is -0.345. The van der Waals surface area contributed by atoms with Crippen LogP contribution >= 0.6 is 0 Å². The molecule has 0 bridgehead atoms. The maximum absolute atomic E-state index is 12.5. The Kier molecular flexibility index (Phi) is 4.76. The van der Waals surface area contributed by atoms with Crippen molar-refractivity contribution < 1.29 is 4.98 Å². The Morgan fingerprint density at radius 1 is 1.33 bits per heavy atom. The third-order valence-electron chi connectivity index (χ3n) is 6.70. The first-order chi connectivity index (χ1) is 14.6. The van der Waals surface area contributed by atoms with Crippen LogP contribution in [0.3, 0.4) is 0 Å². The van der Waals surface area contributed by atoms with Gasteiger partial charge in [-0.2, -0.15) is 5.26 Å². The molecule has 1 fully saturated rings. The van der Waals surface area contributed by atoms with E-state index in [-0.39, 0.29) is 5.43 Å². The van der Waals surface area contributed by atoms with E-state index in [1.165, 1.54) is 0 Å². The Morgan fingerprint density at radius 2 is 2.23 bits per heavy atom. The average Bonchev–Trinajstić information content (AvgIpc) is 3.25. The highest BCUT2D eigenvalue weighted by Gasteiger charge is 2.30. The predicted molar refractivity (Wildman–Crippen MR) is 117 cm³/mol. The van der Waals surface area contributed by atoms with Crippen molar-refractivity contribution in [1.82, 2.24) is 14.5 Å². The smallest absolute Gasteiger partial charge is 0.286 e. The maximum atomic E-state index is 12.5. The molecule has 6 nitrogen and oxygen atoms in total. The molecule has 4 heterocycles. The molecule has 1 aliphatic heterocycles. The highest BCUT2D eigenvalue weighted by molar-refractivity contribution is 6.00. The fourth-order valence-electron chi connectivity index (χ4n) is 4.96. The van der Waals surface area contributed by atoms with Crippen LogP contribution in [0.1, 0.15) is 25.8 Å². The van der Waals surface area contributed by atoms with Gasteiger partial charge in [-0.3, -0.25) is 4.79 Å². The molecule has 1 aliphatic carbocycles. The van der Waals surface area contributed by atoms with Crippen LogP contribution in [0.4, 0.5) is 0 Å². The minimum Gasteiger partial charge on any atom is -0.342 e. The molecule has 0 radical (unpaired) electrons. The zero-order valence-corrected chi connectivity index (χ0v) is 17.1. The molecule has 0 saturated carbocycles. The van der Waals surface area contributed by atoms with E-state index in [0.717, 1.165) is 60.0 Å². The summed E-state index contributed by atoms with van der Waals surface area (Å²) in [7, 11) is 0. The Hall–Kier alpha value is -3.17. The second-order valence-corrected chi connectivity index (χ2v) is 8.62. The molecule has 3 atom stereocenters. The van der Waals surface area contributed by atoms with E-state index in [9.17, 15) is 4.79 Å². The van der Waals surface area contributed by atoms with Gasteiger partial charge in [-0.05, 0) is 43.4 Å². The highest BCUT2D eigenvalue weighted by atomic mass is 16.1. The van der Waals surface area contributed by atoms with E-state index in [0.29, 0.717) is 17.9 Å². The van der Waals surface area contributed by atoms with Crippen molar-refractivity contribution >= 4 is 21.9 Å². The predicted octanol–water partition coefficient (Wildman–Crippen LogP) is 3.21. The SMILES string of the molecule is CC1CCN(CC2C=CC(C#N)=CC2)CC1n1ccc(=O)c2c[nH+]c3[nH]ccc3c21. The van der Waals surface area contributed by atoms with Gasteiger partial charge in [-0.25, -0.2) is 9.97 Å². The molecule has 3 aromatic rings. The van der Waals surface area contributed by atoms with E-state index in [1.807, 2.05) is 36.8 Å². The lowest BCUT2D eigenvalue weighted by Crippen LogP contribution is -2.43. The molecule has 30 heavy (non-hydrogen) atoms. The van der Waals surface area contributed by atoms with Crippen LogP contribution in [0.2, 0.25) is 0 Å². The van der Waals surface area contributed by atoms with Gasteiger partial charge in [-0.15, -0.1) is 0 Å². The number of piperidine rings is 1. The number of H-pyrrole nitrogens is 2. The number of nitrogens with zero attached hydrogens (tertiary/aromatic N) is 3. The quantitative estimate of drug-likeness (QED) is 0.733. The second kappa shape index (κ2) is 7.58. The summed E-state index contributed by atoms with van der Waals surface area (Å²) < 4.78 is 2.32. The van der Waals surface area contributed by atoms with E-state index < -0.39 is 0 Å². The monoisotopic (exact) mass is 400 g/mol. The number of nitriles is 1. The van der Waals surface area contributed by atoms with E-state index in [4.69, 9.17) is 5.26 Å². The Bertz CT molecular complexity index is 1260. The molecule has 0 spiro atoms. The first kappa shape index (κ1) is 18.8. The number of aromatic nitrogens is 3. The Morgan fingerprint density at radius 3 is 3.03 bits per heavy atom. The zero-order chi connectivity index (χ0) is 20.7. The zero-order valence-electron chi connectivity index (χ0n) is 17.1. The fourth-order valence-corrected chi connectivity index (χ4v) is 4.96.